The van der Waals surface area contributed by atoms with Gasteiger partial charge in [-0.05, 0) is 12.3 Å². The molecule has 0 spiro atoms. The van der Waals surface area contributed by atoms with E-state index >= 15 is 0 Å². The number of unbranched alkanes of at least 4 members (excludes halogenated alkanes) is 16. The largest absolute Gasteiger partial charge is 0.472 e. The molecule has 0 aliphatic carbocycles. The van der Waals surface area contributed by atoms with Gasteiger partial charge in [-0.1, -0.05) is 123 Å². The molecular weight excluding hydrogens is 461 g/mol. The lowest BCUT2D eigenvalue weighted by molar-refractivity contribution is -0.627. The third kappa shape index (κ3) is 25.2. The van der Waals surface area contributed by atoms with E-state index in [0.29, 0.717) is 19.4 Å². The fourth-order valence-corrected chi connectivity index (χ4v) is 5.20. The lowest BCUT2D eigenvalue weighted by Crippen LogP contribution is -2.80. The number of phosphoric acid groups is 1. The minimum atomic E-state index is -4.04. The van der Waals surface area contributed by atoms with Crippen LogP contribution in [-0.2, 0) is 18.4 Å². The smallest absolute Gasteiger partial charge is 0.347 e. The van der Waals surface area contributed by atoms with E-state index in [1.54, 1.807) is 0 Å². The van der Waals surface area contributed by atoms with E-state index in [9.17, 15) is 14.3 Å². The third-order valence-electron chi connectivity index (χ3n) is 6.76. The molecule has 35 heavy (non-hydrogen) atoms. The molecule has 0 aliphatic heterocycles. The van der Waals surface area contributed by atoms with Crippen LogP contribution in [0.25, 0.3) is 0 Å². The van der Waals surface area contributed by atoms with Gasteiger partial charge in [0.05, 0.1) is 20.2 Å². The first-order chi connectivity index (χ1) is 16.9. The summed E-state index contributed by atoms with van der Waals surface area (Å²) in [4.78, 5) is 21.7. The first-order valence-corrected chi connectivity index (χ1v) is 16.4. The molecule has 7 heteroatoms. The summed E-state index contributed by atoms with van der Waals surface area (Å²) in [5.74, 6) is 0.167. The second kappa shape index (κ2) is 25.4. The maximum Gasteiger partial charge on any atom is 0.472 e. The predicted octanol–water partition coefficient (Wildman–Crippen LogP) is 7.34. The highest BCUT2D eigenvalue weighted by molar-refractivity contribution is 7.47. The topological polar surface area (TPSA) is 89.4 Å². The van der Waals surface area contributed by atoms with Gasteiger partial charge >= 0.3 is 7.82 Å². The van der Waals surface area contributed by atoms with Crippen molar-refractivity contribution in [1.29, 1.82) is 0 Å². The lowest BCUT2D eigenvalue weighted by Gasteiger charge is -2.18. The van der Waals surface area contributed by atoms with Crippen molar-refractivity contribution in [2.24, 2.45) is 5.92 Å². The van der Waals surface area contributed by atoms with Crippen molar-refractivity contribution in [3.8, 4) is 0 Å². The first-order valence-electron chi connectivity index (χ1n) is 14.9. The first kappa shape index (κ1) is 34.7. The van der Waals surface area contributed by atoms with Gasteiger partial charge in [-0.15, -0.1) is 0 Å². The van der Waals surface area contributed by atoms with Gasteiger partial charge in [0, 0.05) is 12.8 Å². The molecule has 0 amide bonds. The normalized spacial score (nSPS) is 14.2. The van der Waals surface area contributed by atoms with Crippen molar-refractivity contribution in [2.45, 2.75) is 142 Å². The van der Waals surface area contributed by atoms with E-state index < -0.39 is 7.82 Å². The fraction of sp³-hybridized carbons (Fsp3) is 0.964. The summed E-state index contributed by atoms with van der Waals surface area (Å²) in [5.41, 5.74) is 0. The summed E-state index contributed by atoms with van der Waals surface area (Å²) in [6.45, 7) is 5.01. The van der Waals surface area contributed by atoms with Crippen LogP contribution in [0.15, 0.2) is 0 Å². The Morgan fingerprint density at radius 3 is 1.66 bits per heavy atom. The number of ketones is 1. The molecule has 0 saturated heterocycles. The van der Waals surface area contributed by atoms with Crippen LogP contribution < -0.4 is 5.32 Å². The highest BCUT2D eigenvalue weighted by Crippen LogP contribution is 2.43. The molecule has 0 saturated carbocycles. The minimum absolute atomic E-state index is 0.0133. The van der Waals surface area contributed by atoms with Crippen molar-refractivity contribution >= 4 is 13.6 Å². The van der Waals surface area contributed by atoms with Crippen LogP contribution in [0.4, 0.5) is 0 Å². The Morgan fingerprint density at radius 1 is 0.771 bits per heavy atom. The molecule has 0 fully saturated rings. The molecule has 0 aromatic rings. The Kier molecular flexibility index (Phi) is 25.2. The molecule has 0 rings (SSSR count). The van der Waals surface area contributed by atoms with Crippen LogP contribution in [0.2, 0.25) is 0 Å². The molecule has 3 N–H and O–H groups in total. The number of phosphoric ester groups is 1. The number of carbonyl (C=O) groups excluding carboxylic acids is 1. The summed E-state index contributed by atoms with van der Waals surface area (Å²) in [6.07, 6.45) is 24.5. The van der Waals surface area contributed by atoms with Gasteiger partial charge in [-0.3, -0.25) is 13.8 Å². The van der Waals surface area contributed by atoms with Crippen LogP contribution in [-0.4, -0.2) is 37.5 Å². The van der Waals surface area contributed by atoms with Crippen molar-refractivity contribution in [3.05, 3.63) is 0 Å². The summed E-state index contributed by atoms with van der Waals surface area (Å²) < 4.78 is 22.1. The van der Waals surface area contributed by atoms with Gasteiger partial charge in [-0.25, -0.2) is 4.57 Å². The van der Waals surface area contributed by atoms with Crippen molar-refractivity contribution in [2.75, 3.05) is 26.8 Å². The van der Waals surface area contributed by atoms with Crippen molar-refractivity contribution in [1.82, 2.24) is 0 Å². The average Bonchev–Trinajstić information content (AvgIpc) is 2.84. The standard InChI is InChI=1S/C28H58NO5P/c1-4-6-7-8-9-10-11-12-13-14-15-16-17-18-19-20-21-22-27(25-28(30)5-2)26-34-35(31,32)33-24-23-29-3/h27,29H,4-26H2,1-3H3,(H,31,32)/p+1. The third-order valence-corrected chi connectivity index (χ3v) is 7.75. The van der Waals surface area contributed by atoms with Gasteiger partial charge in [0.25, 0.3) is 0 Å². The zero-order valence-corrected chi connectivity index (χ0v) is 24.3. The van der Waals surface area contributed by atoms with Gasteiger partial charge in [-0.2, -0.15) is 0 Å². The van der Waals surface area contributed by atoms with E-state index in [4.69, 9.17) is 9.05 Å². The highest BCUT2D eigenvalue weighted by Gasteiger charge is 2.24. The van der Waals surface area contributed by atoms with E-state index in [1.165, 1.54) is 96.3 Å². The molecular formula is C28H59NO5P+. The van der Waals surface area contributed by atoms with Crippen LogP contribution in [0.1, 0.15) is 142 Å². The van der Waals surface area contributed by atoms with Crippen molar-refractivity contribution in [3.63, 3.8) is 0 Å². The van der Waals surface area contributed by atoms with E-state index in [1.807, 2.05) is 19.3 Å². The van der Waals surface area contributed by atoms with Crippen LogP contribution >= 0.6 is 7.82 Å². The van der Waals surface area contributed by atoms with Gasteiger partial charge in [0.2, 0.25) is 0 Å². The van der Waals surface area contributed by atoms with E-state index in [0.717, 1.165) is 19.3 Å². The Labute approximate surface area is 217 Å². The molecule has 0 aromatic heterocycles. The van der Waals surface area contributed by atoms with E-state index in [-0.39, 0.29) is 24.9 Å². The zero-order valence-electron chi connectivity index (χ0n) is 23.4. The monoisotopic (exact) mass is 520 g/mol. The Bertz CT molecular complexity index is 518. The second-order valence-corrected chi connectivity index (χ2v) is 11.7. The number of hydrogen-bond donors (Lipinski definition) is 2. The van der Waals surface area contributed by atoms with Gasteiger partial charge in [0.1, 0.15) is 12.4 Å². The van der Waals surface area contributed by atoms with Gasteiger partial charge < -0.3 is 10.2 Å². The highest BCUT2D eigenvalue weighted by atomic mass is 31.2. The molecule has 2 atom stereocenters. The van der Waals surface area contributed by atoms with Crippen LogP contribution in [0.5, 0.6) is 0 Å². The fourth-order valence-electron chi connectivity index (χ4n) is 4.39. The number of carbonyl (C=O) groups is 1. The number of Topliss-reactive ketones (excluding diaryl/α,β-unsaturated/α-hetero) is 1. The maximum absolute atomic E-state index is 12.0. The van der Waals surface area contributed by atoms with Crippen molar-refractivity contribution < 1.29 is 28.6 Å². The Balaban J connectivity index is 3.73. The van der Waals surface area contributed by atoms with Crippen LogP contribution in [0, 0.1) is 5.92 Å². The summed E-state index contributed by atoms with van der Waals surface area (Å²) in [7, 11) is -2.16. The zero-order chi connectivity index (χ0) is 26.0. The molecule has 0 aliphatic rings. The van der Waals surface area contributed by atoms with Crippen LogP contribution in [0.3, 0.4) is 0 Å². The molecule has 0 radical (unpaired) electrons. The molecule has 0 heterocycles. The quantitative estimate of drug-likeness (QED) is 0.0832. The average molecular weight is 521 g/mol. The molecule has 2 unspecified atom stereocenters. The minimum Gasteiger partial charge on any atom is -0.347 e. The second-order valence-electron chi connectivity index (χ2n) is 10.2. The Hall–Kier alpha value is -0.260. The lowest BCUT2D eigenvalue weighted by atomic mass is 9.95. The Morgan fingerprint density at radius 2 is 1.23 bits per heavy atom. The number of quaternary nitrogens is 1. The SMILES string of the molecule is CCCCCCCCCCCCCCCCCCCC(COP(=O)(O)OCC[NH2+]C)CC(=O)CC. The maximum atomic E-state index is 12.0. The number of hydrogen-bond acceptors (Lipinski definition) is 4. The van der Waals surface area contributed by atoms with Gasteiger partial charge in [0.15, 0.2) is 0 Å². The van der Waals surface area contributed by atoms with E-state index in [2.05, 4.69) is 6.92 Å². The predicted molar refractivity (Wildman–Crippen MR) is 147 cm³/mol. The molecule has 210 valence electrons. The summed E-state index contributed by atoms with van der Waals surface area (Å²) >= 11 is 0. The summed E-state index contributed by atoms with van der Waals surface area (Å²) in [6, 6.07) is 0. The summed E-state index contributed by atoms with van der Waals surface area (Å²) in [5, 5.41) is 1.88. The number of likely N-dealkylation sites (N-methyl/N-ethyl adjacent to an activating group) is 1. The number of nitrogens with two attached hydrogens (primary N) is 1. The number of rotatable bonds is 28. The molecule has 6 nitrogen and oxygen atoms in total. The molecule has 0 bridgehead atoms. The molecule has 0 aromatic carbocycles.